The summed E-state index contributed by atoms with van der Waals surface area (Å²) in [6.45, 7) is 8.65. The summed E-state index contributed by atoms with van der Waals surface area (Å²) in [6, 6.07) is 8.17. The minimum absolute atomic E-state index is 0.213. The topological polar surface area (TPSA) is 17.1 Å². The van der Waals surface area contributed by atoms with Gasteiger partial charge in [0.25, 0.3) is 0 Å². The molecule has 0 aliphatic carbocycles. The van der Waals surface area contributed by atoms with Crippen molar-refractivity contribution in [2.45, 2.75) is 59.3 Å². The highest BCUT2D eigenvalue weighted by Gasteiger charge is 2.18. The average Bonchev–Trinajstić information content (AvgIpc) is 2.38. The Morgan fingerprint density at radius 1 is 1.00 bits per heavy atom. The maximum absolute atomic E-state index is 12.4. The van der Waals surface area contributed by atoms with Crippen molar-refractivity contribution in [1.29, 1.82) is 0 Å². The van der Waals surface area contributed by atoms with E-state index in [4.69, 9.17) is 0 Å². The molecule has 1 aromatic rings. The van der Waals surface area contributed by atoms with Crippen molar-refractivity contribution in [1.82, 2.24) is 0 Å². The number of ketones is 1. The van der Waals surface area contributed by atoms with Gasteiger partial charge in [-0.05, 0) is 24.3 Å². The van der Waals surface area contributed by atoms with Gasteiger partial charge in [-0.1, -0.05) is 64.8 Å². The van der Waals surface area contributed by atoms with Gasteiger partial charge in [0.2, 0.25) is 0 Å². The number of Topliss-reactive ketones (excluding diaryl/α,β-unsaturated/α-hetero) is 1. The lowest BCUT2D eigenvalue weighted by atomic mass is 9.89. The second kappa shape index (κ2) is 7.35. The van der Waals surface area contributed by atoms with Gasteiger partial charge in [0.05, 0.1) is 0 Å². The number of rotatable bonds is 7. The second-order valence-corrected chi connectivity index (χ2v) is 5.42. The highest BCUT2D eigenvalue weighted by atomic mass is 16.1. The summed E-state index contributed by atoms with van der Waals surface area (Å²) in [5.41, 5.74) is 2.18. The van der Waals surface area contributed by atoms with E-state index in [9.17, 15) is 4.79 Å². The minimum atomic E-state index is 0.213. The van der Waals surface area contributed by atoms with Gasteiger partial charge in [-0.25, -0.2) is 0 Å². The summed E-state index contributed by atoms with van der Waals surface area (Å²) in [7, 11) is 0. The van der Waals surface area contributed by atoms with Gasteiger partial charge in [0.1, 0.15) is 0 Å². The van der Waals surface area contributed by atoms with Crippen LogP contribution in [0.2, 0.25) is 0 Å². The number of carbonyl (C=O) groups is 1. The van der Waals surface area contributed by atoms with Gasteiger partial charge in [0, 0.05) is 11.5 Å². The molecule has 18 heavy (non-hydrogen) atoms. The molecule has 0 atom stereocenters. The van der Waals surface area contributed by atoms with Crippen molar-refractivity contribution in [2.24, 2.45) is 5.92 Å². The lowest BCUT2D eigenvalue weighted by Crippen LogP contribution is -2.14. The van der Waals surface area contributed by atoms with Crippen LogP contribution in [0.25, 0.3) is 0 Å². The molecule has 0 aliphatic heterocycles. The zero-order valence-corrected chi connectivity index (χ0v) is 12.2. The molecule has 0 bridgehead atoms. The monoisotopic (exact) mass is 246 g/mol. The molecule has 0 fully saturated rings. The number of carbonyl (C=O) groups excluding carboxylic acids is 1. The lowest BCUT2D eigenvalue weighted by molar-refractivity contribution is 0.0905. The van der Waals surface area contributed by atoms with Crippen LogP contribution in [-0.2, 0) is 0 Å². The van der Waals surface area contributed by atoms with Crippen LogP contribution in [0.4, 0.5) is 0 Å². The summed E-state index contributed by atoms with van der Waals surface area (Å²) >= 11 is 0. The van der Waals surface area contributed by atoms with Crippen LogP contribution in [0.3, 0.4) is 0 Å². The summed E-state index contributed by atoms with van der Waals surface area (Å²) in [4.78, 5) is 12.4. The minimum Gasteiger partial charge on any atom is -0.294 e. The van der Waals surface area contributed by atoms with E-state index >= 15 is 0 Å². The standard InChI is InChI=1S/C17H26O/c1-5-7-15(8-6-2)17(18)16-11-9-14(10-12-16)13(3)4/h9-13,15H,5-8H2,1-4H3. The first-order chi connectivity index (χ1) is 8.60. The lowest BCUT2D eigenvalue weighted by Gasteiger charge is -2.14. The largest absolute Gasteiger partial charge is 0.294 e. The molecule has 0 heterocycles. The van der Waals surface area contributed by atoms with Crippen molar-refractivity contribution in [3.05, 3.63) is 35.4 Å². The van der Waals surface area contributed by atoms with E-state index in [0.29, 0.717) is 11.7 Å². The Kier molecular flexibility index (Phi) is 6.11. The Hall–Kier alpha value is -1.11. The Labute approximate surface area is 112 Å². The van der Waals surface area contributed by atoms with E-state index in [1.54, 1.807) is 0 Å². The molecule has 100 valence electrons. The van der Waals surface area contributed by atoms with Crippen LogP contribution in [0.15, 0.2) is 24.3 Å². The fourth-order valence-electron chi connectivity index (χ4n) is 2.37. The molecule has 0 saturated heterocycles. The van der Waals surface area contributed by atoms with E-state index in [1.165, 1.54) is 5.56 Å². The van der Waals surface area contributed by atoms with Crippen LogP contribution in [0.1, 0.15) is 75.2 Å². The highest BCUT2D eigenvalue weighted by molar-refractivity contribution is 5.97. The summed E-state index contributed by atoms with van der Waals surface area (Å²) in [6.07, 6.45) is 4.19. The zero-order valence-electron chi connectivity index (χ0n) is 12.2. The second-order valence-electron chi connectivity index (χ2n) is 5.42. The third-order valence-corrected chi connectivity index (χ3v) is 3.51. The van der Waals surface area contributed by atoms with Crippen LogP contribution in [-0.4, -0.2) is 5.78 Å². The summed E-state index contributed by atoms with van der Waals surface area (Å²) in [5, 5.41) is 0. The Bertz CT molecular complexity index is 356. The maximum Gasteiger partial charge on any atom is 0.165 e. The molecule has 0 radical (unpaired) electrons. The molecular weight excluding hydrogens is 220 g/mol. The van der Waals surface area contributed by atoms with Gasteiger partial charge in [-0.15, -0.1) is 0 Å². The molecule has 0 amide bonds. The molecule has 1 rings (SSSR count). The highest BCUT2D eigenvalue weighted by Crippen LogP contribution is 2.21. The molecule has 0 spiro atoms. The first-order valence-corrected chi connectivity index (χ1v) is 7.24. The van der Waals surface area contributed by atoms with Crippen molar-refractivity contribution in [3.8, 4) is 0 Å². The zero-order chi connectivity index (χ0) is 13.5. The van der Waals surface area contributed by atoms with Crippen molar-refractivity contribution >= 4 is 5.78 Å². The van der Waals surface area contributed by atoms with E-state index in [2.05, 4.69) is 39.8 Å². The predicted octanol–water partition coefficient (Wildman–Crippen LogP) is 5.21. The summed E-state index contributed by atoms with van der Waals surface area (Å²) in [5.74, 6) is 1.06. The SMILES string of the molecule is CCCC(CCC)C(=O)c1ccc(C(C)C)cc1. The van der Waals surface area contributed by atoms with E-state index in [1.807, 2.05) is 12.1 Å². The third kappa shape index (κ3) is 3.97. The fourth-order valence-corrected chi connectivity index (χ4v) is 2.37. The van der Waals surface area contributed by atoms with Crippen LogP contribution >= 0.6 is 0 Å². The van der Waals surface area contributed by atoms with Crippen molar-refractivity contribution in [2.75, 3.05) is 0 Å². The van der Waals surface area contributed by atoms with Crippen molar-refractivity contribution in [3.63, 3.8) is 0 Å². The molecule has 1 heteroatoms. The third-order valence-electron chi connectivity index (χ3n) is 3.51. The van der Waals surface area contributed by atoms with Crippen molar-refractivity contribution < 1.29 is 4.79 Å². The van der Waals surface area contributed by atoms with E-state index < -0.39 is 0 Å². The van der Waals surface area contributed by atoms with Crippen LogP contribution in [0, 0.1) is 5.92 Å². The molecular formula is C17H26O. The first kappa shape index (κ1) is 14.9. The molecule has 0 N–H and O–H groups in total. The number of benzene rings is 1. The smallest absolute Gasteiger partial charge is 0.165 e. The molecule has 1 nitrogen and oxygen atoms in total. The average molecular weight is 246 g/mol. The molecule has 0 aliphatic rings. The Morgan fingerprint density at radius 3 is 1.89 bits per heavy atom. The van der Waals surface area contributed by atoms with E-state index in [-0.39, 0.29) is 5.92 Å². The number of hydrogen-bond acceptors (Lipinski definition) is 1. The molecule has 1 aromatic carbocycles. The molecule has 0 saturated carbocycles. The summed E-state index contributed by atoms with van der Waals surface area (Å²) < 4.78 is 0. The fraction of sp³-hybridized carbons (Fsp3) is 0.588. The Balaban J connectivity index is 2.81. The van der Waals surface area contributed by atoms with Gasteiger partial charge in [-0.3, -0.25) is 4.79 Å². The molecule has 0 aromatic heterocycles. The van der Waals surface area contributed by atoms with Gasteiger partial charge in [-0.2, -0.15) is 0 Å². The maximum atomic E-state index is 12.4. The van der Waals surface area contributed by atoms with Gasteiger partial charge >= 0.3 is 0 Å². The van der Waals surface area contributed by atoms with Crippen LogP contribution < -0.4 is 0 Å². The van der Waals surface area contributed by atoms with Crippen LogP contribution in [0.5, 0.6) is 0 Å². The molecule has 0 unspecified atom stereocenters. The number of hydrogen-bond donors (Lipinski definition) is 0. The van der Waals surface area contributed by atoms with Gasteiger partial charge in [0.15, 0.2) is 5.78 Å². The quantitative estimate of drug-likeness (QED) is 0.604. The van der Waals surface area contributed by atoms with Gasteiger partial charge < -0.3 is 0 Å². The van der Waals surface area contributed by atoms with E-state index in [0.717, 1.165) is 31.2 Å². The Morgan fingerprint density at radius 2 is 1.50 bits per heavy atom. The predicted molar refractivity (Wildman–Crippen MR) is 78.2 cm³/mol. The normalized spacial score (nSPS) is 11.2. The first-order valence-electron chi connectivity index (χ1n) is 7.24.